The molecule has 0 radical (unpaired) electrons. The van der Waals surface area contributed by atoms with Gasteiger partial charge in [-0.3, -0.25) is 14.3 Å². The second-order valence-corrected chi connectivity index (χ2v) is 3.80. The maximum Gasteiger partial charge on any atom is 0.333 e. The number of aromatic amines is 1. The molecule has 0 aliphatic heterocycles. The Hall–Kier alpha value is -2.17. The van der Waals surface area contributed by atoms with E-state index in [2.05, 4.69) is 4.98 Å². The first-order chi connectivity index (χ1) is 8.00. The molecule has 0 spiro atoms. The van der Waals surface area contributed by atoms with Gasteiger partial charge in [0.1, 0.15) is 5.82 Å². The predicted molar refractivity (Wildman–Crippen MR) is 62.1 cm³/mol. The summed E-state index contributed by atoms with van der Waals surface area (Å²) in [7, 11) is 0. The molecule has 0 aliphatic rings. The van der Waals surface area contributed by atoms with Crippen molar-refractivity contribution in [3.05, 3.63) is 62.2 Å². The van der Waals surface area contributed by atoms with Gasteiger partial charge in [-0.15, -0.1) is 0 Å². The molecule has 0 fully saturated rings. The Labute approximate surface area is 96.4 Å². The predicted octanol–water partition coefficient (Wildman–Crippen LogP) is 1.28. The Morgan fingerprint density at radius 2 is 1.94 bits per heavy atom. The first-order valence-electron chi connectivity index (χ1n) is 5.09. The molecule has 2 aromatic rings. The minimum Gasteiger partial charge on any atom is -0.274 e. The lowest BCUT2D eigenvalue weighted by atomic mass is 10.2. The van der Waals surface area contributed by atoms with Crippen molar-refractivity contribution in [1.29, 1.82) is 0 Å². The molecule has 2 rings (SSSR count). The van der Waals surface area contributed by atoms with Crippen LogP contribution in [0.15, 0.2) is 33.9 Å². The third-order valence-corrected chi connectivity index (χ3v) is 2.61. The third-order valence-electron chi connectivity index (χ3n) is 2.61. The average molecular weight is 234 g/mol. The Kier molecular flexibility index (Phi) is 2.67. The fourth-order valence-corrected chi connectivity index (χ4v) is 1.75. The van der Waals surface area contributed by atoms with E-state index in [1.54, 1.807) is 19.9 Å². The normalized spacial score (nSPS) is 10.5. The maximum absolute atomic E-state index is 13.4. The second kappa shape index (κ2) is 4.01. The molecule has 1 aromatic heterocycles. The number of H-pyrrole nitrogens is 1. The summed E-state index contributed by atoms with van der Waals surface area (Å²) in [5, 5.41) is 0. The monoisotopic (exact) mass is 234 g/mol. The molecule has 0 aliphatic carbocycles. The highest BCUT2D eigenvalue weighted by Gasteiger charge is 2.09. The molecule has 4 nitrogen and oxygen atoms in total. The summed E-state index contributed by atoms with van der Waals surface area (Å²) in [6.45, 7) is 3.21. The fraction of sp³-hybridized carbons (Fsp3) is 0.167. The molecular formula is C12H11FN2O2. The molecule has 0 saturated carbocycles. The lowest BCUT2D eigenvalue weighted by Crippen LogP contribution is -2.30. The Balaban J connectivity index is 2.82. The lowest BCUT2D eigenvalue weighted by molar-refractivity contribution is 0.615. The van der Waals surface area contributed by atoms with Crippen molar-refractivity contribution < 1.29 is 4.39 Å². The fourth-order valence-electron chi connectivity index (χ4n) is 1.75. The van der Waals surface area contributed by atoms with Crippen molar-refractivity contribution in [2.75, 3.05) is 0 Å². The minimum atomic E-state index is -0.566. The highest BCUT2D eigenvalue weighted by molar-refractivity contribution is 5.41. The third kappa shape index (κ3) is 1.91. The molecule has 0 saturated heterocycles. The van der Waals surface area contributed by atoms with E-state index in [0.29, 0.717) is 16.9 Å². The molecular weight excluding hydrogens is 223 g/mol. The molecule has 17 heavy (non-hydrogen) atoms. The molecule has 5 heteroatoms. The highest BCUT2D eigenvalue weighted by atomic mass is 19.1. The SMILES string of the molecule is Cc1c(F)cccc1-n1c(C)cc(=O)[nH]c1=O. The van der Waals surface area contributed by atoms with Crippen molar-refractivity contribution in [3.63, 3.8) is 0 Å². The largest absolute Gasteiger partial charge is 0.333 e. The van der Waals surface area contributed by atoms with Gasteiger partial charge < -0.3 is 0 Å². The molecule has 0 bridgehead atoms. The van der Waals surface area contributed by atoms with E-state index < -0.39 is 11.2 Å². The van der Waals surface area contributed by atoms with Crippen LogP contribution in [0.4, 0.5) is 4.39 Å². The van der Waals surface area contributed by atoms with Crippen molar-refractivity contribution in [3.8, 4) is 5.69 Å². The van der Waals surface area contributed by atoms with Crippen molar-refractivity contribution >= 4 is 0 Å². The smallest absolute Gasteiger partial charge is 0.274 e. The van der Waals surface area contributed by atoms with E-state index in [-0.39, 0.29) is 5.82 Å². The van der Waals surface area contributed by atoms with Crippen LogP contribution >= 0.6 is 0 Å². The summed E-state index contributed by atoms with van der Waals surface area (Å²) < 4.78 is 14.7. The van der Waals surface area contributed by atoms with Crippen LogP contribution in [0.5, 0.6) is 0 Å². The van der Waals surface area contributed by atoms with Crippen molar-refractivity contribution in [2.45, 2.75) is 13.8 Å². The minimum absolute atomic E-state index is 0.366. The van der Waals surface area contributed by atoms with Gasteiger partial charge in [-0.1, -0.05) is 6.07 Å². The molecule has 0 unspecified atom stereocenters. The zero-order chi connectivity index (χ0) is 12.6. The van der Waals surface area contributed by atoms with Gasteiger partial charge in [0.15, 0.2) is 0 Å². The van der Waals surface area contributed by atoms with Crippen LogP contribution in [0.2, 0.25) is 0 Å². The Bertz CT molecular complexity index is 686. The standard InChI is InChI=1S/C12H11FN2O2/c1-7-6-11(16)14-12(17)15(7)10-5-3-4-9(13)8(10)2/h3-6H,1-2H3,(H,14,16,17). The van der Waals surface area contributed by atoms with Gasteiger partial charge in [0.05, 0.1) is 5.69 Å². The summed E-state index contributed by atoms with van der Waals surface area (Å²) in [5.74, 6) is -0.389. The van der Waals surface area contributed by atoms with Gasteiger partial charge in [0.25, 0.3) is 5.56 Å². The molecule has 0 atom stereocenters. The number of nitrogens with zero attached hydrogens (tertiary/aromatic N) is 1. The maximum atomic E-state index is 13.4. The van der Waals surface area contributed by atoms with Crippen molar-refractivity contribution in [2.24, 2.45) is 0 Å². The van der Waals surface area contributed by atoms with Gasteiger partial charge in [0.2, 0.25) is 0 Å². The van der Waals surface area contributed by atoms with Crippen LogP contribution in [-0.2, 0) is 0 Å². The quantitative estimate of drug-likeness (QED) is 0.808. The number of benzene rings is 1. The molecule has 88 valence electrons. The van der Waals surface area contributed by atoms with Gasteiger partial charge in [-0.05, 0) is 26.0 Å². The van der Waals surface area contributed by atoms with Crippen LogP contribution in [-0.4, -0.2) is 9.55 Å². The number of hydrogen-bond donors (Lipinski definition) is 1. The van der Waals surface area contributed by atoms with E-state index in [9.17, 15) is 14.0 Å². The topological polar surface area (TPSA) is 54.9 Å². The van der Waals surface area contributed by atoms with Crippen molar-refractivity contribution in [1.82, 2.24) is 9.55 Å². The van der Waals surface area contributed by atoms with E-state index >= 15 is 0 Å². The summed E-state index contributed by atoms with van der Waals surface area (Å²) in [6.07, 6.45) is 0. The molecule has 1 N–H and O–H groups in total. The Morgan fingerprint density at radius 3 is 2.59 bits per heavy atom. The van der Waals surface area contributed by atoms with Crippen LogP contribution in [0, 0.1) is 19.7 Å². The lowest BCUT2D eigenvalue weighted by Gasteiger charge is -2.11. The highest BCUT2D eigenvalue weighted by Crippen LogP contribution is 2.15. The number of halogens is 1. The van der Waals surface area contributed by atoms with E-state index in [1.807, 2.05) is 0 Å². The molecule has 0 amide bonds. The number of hydrogen-bond acceptors (Lipinski definition) is 2. The zero-order valence-electron chi connectivity index (χ0n) is 9.45. The number of rotatable bonds is 1. The number of aromatic nitrogens is 2. The molecule has 1 heterocycles. The van der Waals surface area contributed by atoms with Crippen LogP contribution in [0.1, 0.15) is 11.3 Å². The second-order valence-electron chi connectivity index (χ2n) is 3.80. The summed E-state index contributed by atoms with van der Waals surface area (Å²) in [5.41, 5.74) is 0.238. The number of nitrogens with one attached hydrogen (secondary N) is 1. The Morgan fingerprint density at radius 1 is 1.24 bits per heavy atom. The van der Waals surface area contributed by atoms with E-state index in [1.165, 1.54) is 22.8 Å². The first-order valence-corrected chi connectivity index (χ1v) is 5.09. The van der Waals surface area contributed by atoms with Gasteiger partial charge in [-0.25, -0.2) is 9.18 Å². The van der Waals surface area contributed by atoms with Gasteiger partial charge in [0, 0.05) is 17.3 Å². The van der Waals surface area contributed by atoms with Gasteiger partial charge >= 0.3 is 5.69 Å². The number of aryl methyl sites for hydroxylation is 1. The summed E-state index contributed by atoms with van der Waals surface area (Å²) in [6, 6.07) is 5.77. The van der Waals surface area contributed by atoms with E-state index in [4.69, 9.17) is 0 Å². The summed E-state index contributed by atoms with van der Waals surface area (Å²) >= 11 is 0. The van der Waals surface area contributed by atoms with Crippen LogP contribution in [0.25, 0.3) is 5.69 Å². The van der Waals surface area contributed by atoms with Crippen LogP contribution in [0.3, 0.4) is 0 Å². The average Bonchev–Trinajstić information content (AvgIpc) is 2.23. The van der Waals surface area contributed by atoms with Gasteiger partial charge in [-0.2, -0.15) is 0 Å². The molecule has 1 aromatic carbocycles. The summed E-state index contributed by atoms with van der Waals surface area (Å²) in [4.78, 5) is 25.0. The van der Waals surface area contributed by atoms with Crippen LogP contribution < -0.4 is 11.2 Å². The zero-order valence-corrected chi connectivity index (χ0v) is 9.45. The first kappa shape index (κ1) is 11.3. The van der Waals surface area contributed by atoms with E-state index in [0.717, 1.165) is 0 Å².